The first-order valence-corrected chi connectivity index (χ1v) is 13.6. The highest BCUT2D eigenvalue weighted by molar-refractivity contribution is 14.1. The van der Waals surface area contributed by atoms with Gasteiger partial charge in [0, 0.05) is 48.7 Å². The number of methoxy groups -OCH3 is 1. The second kappa shape index (κ2) is 12.5. The van der Waals surface area contributed by atoms with E-state index in [1.807, 2.05) is 77.2 Å². The molecule has 1 aliphatic carbocycles. The minimum atomic E-state index is -4.41. The fraction of sp³-hybridized carbons (Fsp3) is 0.379. The van der Waals surface area contributed by atoms with Crippen molar-refractivity contribution in [2.75, 3.05) is 13.7 Å². The highest BCUT2D eigenvalue weighted by Crippen LogP contribution is 2.69. The van der Waals surface area contributed by atoms with E-state index in [1.165, 1.54) is 12.4 Å². The lowest BCUT2D eigenvalue weighted by atomic mass is 9.80. The molecule has 0 aliphatic heterocycles. The first-order valence-electron chi connectivity index (χ1n) is 12.4. The molecule has 4 rings (SSSR count). The lowest BCUT2D eigenvalue weighted by molar-refractivity contribution is -0.193. The van der Waals surface area contributed by atoms with Gasteiger partial charge in [0.1, 0.15) is 12.4 Å². The van der Waals surface area contributed by atoms with Crippen LogP contribution < -0.4 is 10.1 Å². The van der Waals surface area contributed by atoms with E-state index in [1.54, 1.807) is 19.2 Å². The Kier molecular flexibility index (Phi) is 9.30. The van der Waals surface area contributed by atoms with Crippen LogP contribution in [0.2, 0.25) is 0 Å². The van der Waals surface area contributed by atoms with Crippen LogP contribution in [0.15, 0.2) is 79.1 Å². The Bertz CT molecular complexity index is 1180. The smallest absolute Gasteiger partial charge is 0.396 e. The van der Waals surface area contributed by atoms with E-state index in [0.29, 0.717) is 18.6 Å². The average molecular weight is 638 g/mol. The van der Waals surface area contributed by atoms with Crippen LogP contribution in [0.1, 0.15) is 35.4 Å². The molecule has 1 fully saturated rings. The number of rotatable bonds is 12. The van der Waals surface area contributed by atoms with Crippen LogP contribution >= 0.6 is 22.6 Å². The Labute approximate surface area is 234 Å². The zero-order chi connectivity index (χ0) is 27.2. The molecule has 1 N–H and O–H groups in total. The predicted octanol–water partition coefficient (Wildman–Crippen LogP) is 6.26. The van der Waals surface area contributed by atoms with Gasteiger partial charge in [0.25, 0.3) is 0 Å². The number of amides is 1. The maximum absolute atomic E-state index is 14.1. The van der Waals surface area contributed by atoms with E-state index in [-0.39, 0.29) is 25.5 Å². The number of ether oxygens (including phenoxy) is 2. The number of nitrogens with zero attached hydrogens (tertiary/aromatic N) is 1. The molecule has 0 bridgehead atoms. The summed E-state index contributed by atoms with van der Waals surface area (Å²) >= 11 is 1.84. The van der Waals surface area contributed by atoms with Crippen LogP contribution in [0.4, 0.5) is 13.2 Å². The SMILES string of the molecule is CO[C@H](CNC(=O)C[C@@H](c1cccnc1)C1(C(F)(F)F)CC1I)Cc1ccc(OCc2ccccc2)cc1. The van der Waals surface area contributed by atoms with Gasteiger partial charge >= 0.3 is 6.18 Å². The number of carbonyl (C=O) groups excluding carboxylic acids is 1. The van der Waals surface area contributed by atoms with Gasteiger partial charge in [-0.05, 0) is 41.3 Å². The molecule has 1 aromatic heterocycles. The normalized spacial score (nSPS) is 20.4. The third kappa shape index (κ3) is 6.85. The van der Waals surface area contributed by atoms with Gasteiger partial charge in [-0.15, -0.1) is 0 Å². The Morgan fingerprint density at radius 1 is 1.11 bits per heavy atom. The van der Waals surface area contributed by atoms with E-state index >= 15 is 0 Å². The van der Waals surface area contributed by atoms with Crippen LogP contribution in [0.3, 0.4) is 0 Å². The monoisotopic (exact) mass is 638 g/mol. The number of carbonyl (C=O) groups is 1. The van der Waals surface area contributed by atoms with Crippen molar-refractivity contribution in [3.05, 3.63) is 95.8 Å². The molecule has 2 aromatic carbocycles. The Balaban J connectivity index is 1.32. The van der Waals surface area contributed by atoms with Gasteiger partial charge in [-0.2, -0.15) is 13.2 Å². The topological polar surface area (TPSA) is 60.5 Å². The van der Waals surface area contributed by atoms with Crippen LogP contribution in [-0.2, 0) is 22.6 Å². The summed E-state index contributed by atoms with van der Waals surface area (Å²) in [6.45, 7) is 0.662. The standard InChI is InChI=1S/C29H30F3IN2O3/c1-37-24(14-20-9-11-23(12-10-20)38-19-21-6-3-2-4-7-21)18-35-27(36)15-25(22-8-5-13-34-17-22)28(16-26(28)33)29(30,31)32/h2-13,17,24-26H,14-16,18-19H2,1H3,(H,35,36)/t24-,25-,26?,28?/m0/s1. The molecule has 1 aliphatic rings. The minimum Gasteiger partial charge on any atom is -0.489 e. The summed E-state index contributed by atoms with van der Waals surface area (Å²) in [4.78, 5) is 16.9. The molecule has 9 heteroatoms. The average Bonchev–Trinajstić information content (AvgIpc) is 3.62. The van der Waals surface area contributed by atoms with Gasteiger partial charge < -0.3 is 14.8 Å². The third-order valence-corrected chi connectivity index (χ3v) is 8.59. The quantitative estimate of drug-likeness (QED) is 0.188. The maximum atomic E-state index is 14.1. The first kappa shape index (κ1) is 28.4. The number of halogens is 4. The van der Waals surface area contributed by atoms with Gasteiger partial charge in [0.05, 0.1) is 11.5 Å². The summed E-state index contributed by atoms with van der Waals surface area (Å²) in [5.74, 6) is -0.694. The molecular weight excluding hydrogens is 608 g/mol. The van der Waals surface area contributed by atoms with Crippen molar-refractivity contribution in [3.8, 4) is 5.75 Å². The molecule has 0 saturated heterocycles. The van der Waals surface area contributed by atoms with Gasteiger partial charge in [0.2, 0.25) is 5.91 Å². The second-order valence-electron chi connectivity index (χ2n) is 9.54. The Hall–Kier alpha value is -2.66. The molecule has 38 heavy (non-hydrogen) atoms. The van der Waals surface area contributed by atoms with E-state index in [9.17, 15) is 18.0 Å². The molecule has 202 valence electrons. The van der Waals surface area contributed by atoms with Gasteiger partial charge in [0.15, 0.2) is 0 Å². The number of aromatic nitrogens is 1. The predicted molar refractivity (Wildman–Crippen MR) is 147 cm³/mol. The van der Waals surface area contributed by atoms with E-state index < -0.39 is 27.3 Å². The van der Waals surface area contributed by atoms with E-state index in [0.717, 1.165) is 16.9 Å². The molecule has 3 aromatic rings. The van der Waals surface area contributed by atoms with Crippen molar-refractivity contribution < 1.29 is 27.4 Å². The van der Waals surface area contributed by atoms with Crippen LogP contribution in [0, 0.1) is 5.41 Å². The lowest BCUT2D eigenvalue weighted by Crippen LogP contribution is -2.39. The van der Waals surface area contributed by atoms with Crippen molar-refractivity contribution in [3.63, 3.8) is 0 Å². The fourth-order valence-corrected chi connectivity index (χ4v) is 6.23. The molecule has 0 spiro atoms. The van der Waals surface area contributed by atoms with Crippen molar-refractivity contribution in [1.82, 2.24) is 10.3 Å². The summed E-state index contributed by atoms with van der Waals surface area (Å²) in [5, 5.41) is 2.79. The van der Waals surface area contributed by atoms with Crippen molar-refractivity contribution in [1.29, 1.82) is 0 Å². The summed E-state index contributed by atoms with van der Waals surface area (Å²) in [5.41, 5.74) is 0.582. The third-order valence-electron chi connectivity index (χ3n) is 7.04. The van der Waals surface area contributed by atoms with Gasteiger partial charge in [-0.25, -0.2) is 0 Å². The van der Waals surface area contributed by atoms with Crippen molar-refractivity contribution in [2.45, 2.75) is 48.0 Å². The van der Waals surface area contributed by atoms with Crippen molar-refractivity contribution in [2.24, 2.45) is 5.41 Å². The largest absolute Gasteiger partial charge is 0.489 e. The number of hydrogen-bond donors (Lipinski definition) is 1. The highest BCUT2D eigenvalue weighted by Gasteiger charge is 2.73. The minimum absolute atomic E-state index is 0.00431. The number of nitrogens with one attached hydrogen (secondary N) is 1. The molecule has 1 saturated carbocycles. The van der Waals surface area contributed by atoms with Crippen molar-refractivity contribution >= 4 is 28.5 Å². The van der Waals surface area contributed by atoms with Crippen LogP contribution in [0.5, 0.6) is 5.75 Å². The zero-order valence-electron chi connectivity index (χ0n) is 21.0. The first-order chi connectivity index (χ1) is 18.2. The highest BCUT2D eigenvalue weighted by atomic mass is 127. The van der Waals surface area contributed by atoms with Gasteiger partial charge in [-0.3, -0.25) is 9.78 Å². The Morgan fingerprint density at radius 3 is 2.39 bits per heavy atom. The zero-order valence-corrected chi connectivity index (χ0v) is 23.1. The summed E-state index contributed by atoms with van der Waals surface area (Å²) in [6, 6.07) is 20.7. The molecule has 1 heterocycles. The number of benzene rings is 2. The fourth-order valence-electron chi connectivity index (χ4n) is 4.72. The second-order valence-corrected chi connectivity index (χ2v) is 11.0. The summed E-state index contributed by atoms with van der Waals surface area (Å²) in [6.07, 6.45) is -1.54. The number of hydrogen-bond acceptors (Lipinski definition) is 4. The van der Waals surface area contributed by atoms with Crippen LogP contribution in [-0.4, -0.2) is 40.8 Å². The van der Waals surface area contributed by atoms with E-state index in [2.05, 4.69) is 10.3 Å². The summed E-state index contributed by atoms with van der Waals surface area (Å²) in [7, 11) is 1.55. The molecule has 5 nitrogen and oxygen atoms in total. The maximum Gasteiger partial charge on any atom is 0.396 e. The lowest BCUT2D eigenvalue weighted by Gasteiger charge is -2.30. The molecule has 2 unspecified atom stereocenters. The molecule has 0 radical (unpaired) electrons. The molecular formula is C29H30F3IN2O3. The Morgan fingerprint density at radius 2 is 1.82 bits per heavy atom. The number of pyridine rings is 1. The van der Waals surface area contributed by atoms with E-state index in [4.69, 9.17) is 9.47 Å². The summed E-state index contributed by atoms with van der Waals surface area (Å²) < 4.78 is 53.1. The van der Waals surface area contributed by atoms with Crippen LogP contribution in [0.25, 0.3) is 0 Å². The number of alkyl halides is 4. The molecule has 4 atom stereocenters. The van der Waals surface area contributed by atoms with Gasteiger partial charge in [-0.1, -0.05) is 71.1 Å². The molecule has 1 amide bonds.